The number of ether oxygens (including phenoxy) is 1. The van der Waals surface area contributed by atoms with Crippen LogP contribution >= 0.6 is 0 Å². The van der Waals surface area contributed by atoms with Gasteiger partial charge in [0, 0.05) is 5.92 Å². The second-order valence-electron chi connectivity index (χ2n) is 3.87. The third kappa shape index (κ3) is 3.03. The van der Waals surface area contributed by atoms with Crippen LogP contribution in [-0.4, -0.2) is 26.0 Å². The van der Waals surface area contributed by atoms with Gasteiger partial charge in [0.05, 0.1) is 23.9 Å². The number of allylic oxidation sites excluding steroid dienone is 1. The molecular weight excluding hydrogens is 188 g/mol. The van der Waals surface area contributed by atoms with Crippen molar-refractivity contribution < 1.29 is 13.2 Å². The lowest BCUT2D eigenvalue weighted by molar-refractivity contribution is 0.112. The minimum Gasteiger partial charge on any atom is -0.498 e. The Balaban J connectivity index is 2.35. The van der Waals surface area contributed by atoms with Gasteiger partial charge in [0.2, 0.25) is 0 Å². The molecule has 1 fully saturated rings. The quantitative estimate of drug-likeness (QED) is 0.652. The van der Waals surface area contributed by atoms with Gasteiger partial charge in [0.1, 0.15) is 0 Å². The standard InChI is InChI=1S/C9H16O3S/c1-7(2)4-12-8(3)9-5-13(10,11)6-9/h4,8-9H,5-6H2,1-3H3. The molecule has 1 heterocycles. The van der Waals surface area contributed by atoms with Crippen LogP contribution in [0.15, 0.2) is 11.8 Å². The fraction of sp³-hybridized carbons (Fsp3) is 0.778. The molecule has 13 heavy (non-hydrogen) atoms. The van der Waals surface area contributed by atoms with Crippen LogP contribution in [0.4, 0.5) is 0 Å². The van der Waals surface area contributed by atoms with Crippen LogP contribution in [0.5, 0.6) is 0 Å². The molecule has 0 aromatic heterocycles. The second kappa shape index (κ2) is 3.70. The monoisotopic (exact) mass is 204 g/mol. The smallest absolute Gasteiger partial charge is 0.151 e. The van der Waals surface area contributed by atoms with Gasteiger partial charge in [-0.1, -0.05) is 0 Å². The van der Waals surface area contributed by atoms with E-state index in [1.807, 2.05) is 20.8 Å². The minimum absolute atomic E-state index is 0.0124. The van der Waals surface area contributed by atoms with Gasteiger partial charge in [-0.25, -0.2) is 8.42 Å². The molecule has 1 unspecified atom stereocenters. The van der Waals surface area contributed by atoms with Crippen LogP contribution in [0.1, 0.15) is 20.8 Å². The summed E-state index contributed by atoms with van der Waals surface area (Å²) in [5, 5.41) is 0. The molecule has 0 saturated carbocycles. The van der Waals surface area contributed by atoms with E-state index in [9.17, 15) is 8.42 Å². The first-order valence-electron chi connectivity index (χ1n) is 4.40. The molecular formula is C9H16O3S. The van der Waals surface area contributed by atoms with Crippen LogP contribution in [0.25, 0.3) is 0 Å². The Morgan fingerprint density at radius 1 is 1.46 bits per heavy atom. The van der Waals surface area contributed by atoms with E-state index in [1.165, 1.54) is 0 Å². The molecule has 0 bridgehead atoms. The van der Waals surface area contributed by atoms with Gasteiger partial charge in [-0.05, 0) is 26.3 Å². The summed E-state index contributed by atoms with van der Waals surface area (Å²) >= 11 is 0. The van der Waals surface area contributed by atoms with E-state index in [0.717, 1.165) is 5.57 Å². The molecule has 1 aliphatic rings. The second-order valence-corrected chi connectivity index (χ2v) is 6.03. The van der Waals surface area contributed by atoms with Gasteiger partial charge < -0.3 is 4.74 Å². The normalized spacial score (nSPS) is 23.0. The molecule has 0 amide bonds. The Morgan fingerprint density at radius 3 is 2.38 bits per heavy atom. The molecule has 1 saturated heterocycles. The summed E-state index contributed by atoms with van der Waals surface area (Å²) in [4.78, 5) is 0. The van der Waals surface area contributed by atoms with Crippen LogP contribution in [-0.2, 0) is 14.6 Å². The van der Waals surface area contributed by atoms with Crippen molar-refractivity contribution in [2.45, 2.75) is 26.9 Å². The average molecular weight is 204 g/mol. The highest BCUT2D eigenvalue weighted by Gasteiger charge is 2.37. The van der Waals surface area contributed by atoms with Gasteiger partial charge in [0.15, 0.2) is 9.84 Å². The Morgan fingerprint density at radius 2 is 2.00 bits per heavy atom. The van der Waals surface area contributed by atoms with Crippen LogP contribution in [0.2, 0.25) is 0 Å². The highest BCUT2D eigenvalue weighted by Crippen LogP contribution is 2.23. The number of sulfone groups is 1. The van der Waals surface area contributed by atoms with Crippen molar-refractivity contribution in [1.82, 2.24) is 0 Å². The molecule has 0 spiro atoms. The van der Waals surface area contributed by atoms with Crippen LogP contribution < -0.4 is 0 Å². The maximum Gasteiger partial charge on any atom is 0.151 e. The molecule has 1 rings (SSSR count). The first-order chi connectivity index (χ1) is 5.91. The van der Waals surface area contributed by atoms with E-state index in [4.69, 9.17) is 4.74 Å². The van der Waals surface area contributed by atoms with Crippen molar-refractivity contribution in [3.05, 3.63) is 11.8 Å². The zero-order valence-electron chi connectivity index (χ0n) is 8.28. The van der Waals surface area contributed by atoms with Crippen molar-refractivity contribution in [2.75, 3.05) is 11.5 Å². The van der Waals surface area contributed by atoms with E-state index in [2.05, 4.69) is 0 Å². The summed E-state index contributed by atoms with van der Waals surface area (Å²) in [6.07, 6.45) is 1.70. The van der Waals surface area contributed by atoms with E-state index in [0.29, 0.717) is 0 Å². The third-order valence-electron chi connectivity index (χ3n) is 2.12. The largest absolute Gasteiger partial charge is 0.498 e. The summed E-state index contributed by atoms with van der Waals surface area (Å²) < 4.78 is 27.1. The molecule has 76 valence electrons. The number of hydrogen-bond donors (Lipinski definition) is 0. The van der Waals surface area contributed by atoms with Gasteiger partial charge in [0.25, 0.3) is 0 Å². The Labute approximate surface area is 79.7 Å². The lowest BCUT2D eigenvalue weighted by Crippen LogP contribution is -2.43. The lowest BCUT2D eigenvalue weighted by atomic mass is 10.1. The van der Waals surface area contributed by atoms with Gasteiger partial charge in [-0.3, -0.25) is 0 Å². The molecule has 0 aromatic rings. The highest BCUT2D eigenvalue weighted by molar-refractivity contribution is 7.92. The molecule has 4 heteroatoms. The summed E-state index contributed by atoms with van der Waals surface area (Å²) in [7, 11) is -2.71. The fourth-order valence-corrected chi connectivity index (χ4v) is 2.98. The zero-order chi connectivity index (χ0) is 10.1. The average Bonchev–Trinajstić information content (AvgIpc) is 1.95. The fourth-order valence-electron chi connectivity index (χ4n) is 1.23. The third-order valence-corrected chi connectivity index (χ3v) is 3.99. The summed E-state index contributed by atoms with van der Waals surface area (Å²) in [5.74, 6) is 0.746. The molecule has 1 atom stereocenters. The Bertz CT molecular complexity index is 287. The van der Waals surface area contributed by atoms with E-state index < -0.39 is 9.84 Å². The van der Waals surface area contributed by atoms with Crippen molar-refractivity contribution in [3.8, 4) is 0 Å². The maximum absolute atomic E-state index is 10.9. The van der Waals surface area contributed by atoms with Crippen molar-refractivity contribution in [3.63, 3.8) is 0 Å². The first kappa shape index (κ1) is 10.6. The molecule has 1 aliphatic heterocycles. The first-order valence-corrected chi connectivity index (χ1v) is 6.22. The van der Waals surface area contributed by atoms with E-state index in [1.54, 1.807) is 6.26 Å². The van der Waals surface area contributed by atoms with Crippen molar-refractivity contribution >= 4 is 9.84 Å². The lowest BCUT2D eigenvalue weighted by Gasteiger charge is -2.30. The van der Waals surface area contributed by atoms with E-state index >= 15 is 0 Å². The zero-order valence-corrected chi connectivity index (χ0v) is 9.10. The highest BCUT2D eigenvalue weighted by atomic mass is 32.2. The molecule has 3 nitrogen and oxygen atoms in total. The summed E-state index contributed by atoms with van der Waals surface area (Å²) in [6.45, 7) is 5.81. The van der Waals surface area contributed by atoms with Gasteiger partial charge in [-0.2, -0.15) is 0 Å². The predicted octanol–water partition coefficient (Wildman–Crippen LogP) is 1.36. The van der Waals surface area contributed by atoms with Crippen LogP contribution in [0, 0.1) is 5.92 Å². The molecule has 0 aliphatic carbocycles. The van der Waals surface area contributed by atoms with Gasteiger partial charge >= 0.3 is 0 Å². The van der Waals surface area contributed by atoms with Crippen molar-refractivity contribution in [1.29, 1.82) is 0 Å². The maximum atomic E-state index is 10.9. The number of rotatable bonds is 3. The Hall–Kier alpha value is -0.510. The van der Waals surface area contributed by atoms with Gasteiger partial charge in [-0.15, -0.1) is 0 Å². The SMILES string of the molecule is CC(C)=COC(C)C1CS(=O)(=O)C1. The van der Waals surface area contributed by atoms with E-state index in [-0.39, 0.29) is 23.5 Å². The Kier molecular flexibility index (Phi) is 3.01. The number of hydrogen-bond acceptors (Lipinski definition) is 3. The summed E-state index contributed by atoms with van der Waals surface area (Å²) in [6, 6.07) is 0. The minimum atomic E-state index is -2.71. The van der Waals surface area contributed by atoms with Crippen LogP contribution in [0.3, 0.4) is 0 Å². The molecule has 0 radical (unpaired) electrons. The topological polar surface area (TPSA) is 43.4 Å². The summed E-state index contributed by atoms with van der Waals surface area (Å²) in [5.41, 5.74) is 1.09. The molecule has 0 aromatic carbocycles. The van der Waals surface area contributed by atoms with Crippen molar-refractivity contribution in [2.24, 2.45) is 5.92 Å². The molecule has 0 N–H and O–H groups in total. The predicted molar refractivity (Wildman–Crippen MR) is 52.1 cm³/mol.